The van der Waals surface area contributed by atoms with E-state index in [9.17, 15) is 0 Å². The van der Waals surface area contributed by atoms with Gasteiger partial charge in [-0.05, 0) is 204 Å². The SMILES string of the molecule is C=C/C=C\C=CC(C)(c1ccc(C)cc1)N(c1ccc2c(c1)C(C)(C)CCC2(C)C)c1cc(C)cc(N(c2cc3c(cc2C)C(C)(C)CCC3(C)C)c2cc3c(cc2C)C(C)(C)CC3(C)C)c1C. The summed E-state index contributed by atoms with van der Waals surface area (Å²) in [7, 11) is 0. The third kappa shape index (κ3) is 8.45. The van der Waals surface area contributed by atoms with Crippen molar-refractivity contribution in [2.75, 3.05) is 9.80 Å². The van der Waals surface area contributed by atoms with Gasteiger partial charge in [-0.15, -0.1) is 0 Å². The van der Waals surface area contributed by atoms with Gasteiger partial charge in [-0.1, -0.05) is 168 Å². The normalized spacial score (nSPS) is 20.1. The minimum Gasteiger partial charge on any atom is -0.328 e. The molecule has 0 fully saturated rings. The zero-order valence-corrected chi connectivity index (χ0v) is 45.5. The van der Waals surface area contributed by atoms with Gasteiger partial charge < -0.3 is 9.80 Å². The van der Waals surface area contributed by atoms with E-state index in [0.717, 1.165) is 12.8 Å². The fourth-order valence-electron chi connectivity index (χ4n) is 12.9. The average Bonchev–Trinajstić information content (AvgIpc) is 3.43. The fraction of sp³-hybridized carbons (Fsp3) is 0.455. The number of allylic oxidation sites excluding steroid dienone is 4. The van der Waals surface area contributed by atoms with E-state index in [2.05, 4.69) is 238 Å². The van der Waals surface area contributed by atoms with E-state index in [0.29, 0.717) is 0 Å². The molecule has 5 aromatic carbocycles. The van der Waals surface area contributed by atoms with Gasteiger partial charge in [0.1, 0.15) is 0 Å². The van der Waals surface area contributed by atoms with Gasteiger partial charge in [0.25, 0.3) is 0 Å². The molecule has 3 aliphatic carbocycles. The van der Waals surface area contributed by atoms with E-state index < -0.39 is 5.54 Å². The van der Waals surface area contributed by atoms with E-state index in [1.54, 1.807) is 0 Å². The molecule has 0 saturated heterocycles. The Bertz CT molecular complexity index is 2850. The Morgan fingerprint density at radius 2 is 0.912 bits per heavy atom. The number of rotatable bonds is 10. The highest BCUT2D eigenvalue weighted by Gasteiger charge is 2.44. The molecule has 0 aromatic heterocycles. The van der Waals surface area contributed by atoms with Crippen LogP contribution in [0.15, 0.2) is 116 Å². The summed E-state index contributed by atoms with van der Waals surface area (Å²) in [4.78, 5) is 5.35. The summed E-state index contributed by atoms with van der Waals surface area (Å²) in [5.41, 5.74) is 22.5. The van der Waals surface area contributed by atoms with Crippen LogP contribution in [0.5, 0.6) is 0 Å². The second kappa shape index (κ2) is 16.8. The van der Waals surface area contributed by atoms with Crippen LogP contribution in [-0.4, -0.2) is 0 Å². The molecule has 0 N–H and O–H groups in total. The summed E-state index contributed by atoms with van der Waals surface area (Å²) in [6.07, 6.45) is 16.4. The Morgan fingerprint density at radius 3 is 1.44 bits per heavy atom. The molecule has 5 aromatic rings. The van der Waals surface area contributed by atoms with E-state index in [1.807, 2.05) is 12.2 Å². The minimum absolute atomic E-state index is 0.0404. The Kier molecular flexibility index (Phi) is 12.2. The van der Waals surface area contributed by atoms with Gasteiger partial charge in [-0.2, -0.15) is 0 Å². The van der Waals surface area contributed by atoms with Crippen LogP contribution >= 0.6 is 0 Å². The van der Waals surface area contributed by atoms with E-state index in [1.165, 1.54) is 114 Å². The van der Waals surface area contributed by atoms with Gasteiger partial charge >= 0.3 is 0 Å². The highest BCUT2D eigenvalue weighted by atomic mass is 15.2. The predicted octanol–water partition coefficient (Wildman–Crippen LogP) is 18.7. The molecule has 8 rings (SSSR count). The number of hydrogen-bond acceptors (Lipinski definition) is 2. The Balaban J connectivity index is 1.49. The van der Waals surface area contributed by atoms with Crippen LogP contribution in [0.4, 0.5) is 28.4 Å². The zero-order valence-electron chi connectivity index (χ0n) is 45.5. The van der Waals surface area contributed by atoms with Crippen molar-refractivity contribution in [3.63, 3.8) is 0 Å². The second-order valence-electron chi connectivity index (χ2n) is 25.7. The standard InChI is InChI=1S/C66H84N2/c1-20-21-22-23-30-66(19,48-26-24-43(2)25-27-48)68(49-28-29-50-53(39-49)62(11,12)32-31-60(50,7)8)59-36-44(3)35-58(47(59)6)67(57-41-55-52(38-46(57)5)64(15,16)42-65(55,17)18)56-40-54-51(37-45(56)4)61(9,10)33-34-63(54,13)14/h20-30,35-41H,1,31-34,42H2,2-19H3/b22-21-,30-23?. The first kappa shape index (κ1) is 49.3. The average molecular weight is 905 g/mol. The number of nitrogens with zero attached hydrogens (tertiary/aromatic N) is 2. The number of anilines is 5. The molecule has 68 heavy (non-hydrogen) atoms. The quantitative estimate of drug-likeness (QED) is 0.129. The van der Waals surface area contributed by atoms with Crippen molar-refractivity contribution >= 4 is 28.4 Å². The molecular formula is C66H84N2. The summed E-state index contributed by atoms with van der Waals surface area (Å²) >= 11 is 0. The topological polar surface area (TPSA) is 6.48 Å². The number of benzene rings is 5. The van der Waals surface area contributed by atoms with Crippen molar-refractivity contribution in [1.82, 2.24) is 0 Å². The molecule has 2 heteroatoms. The summed E-state index contributed by atoms with van der Waals surface area (Å²) in [5.74, 6) is 0. The fourth-order valence-corrected chi connectivity index (χ4v) is 12.9. The van der Waals surface area contributed by atoms with Crippen molar-refractivity contribution in [2.24, 2.45) is 0 Å². The molecule has 2 nitrogen and oxygen atoms in total. The second-order valence-corrected chi connectivity index (χ2v) is 25.7. The van der Waals surface area contributed by atoms with Crippen LogP contribution in [0, 0.1) is 34.6 Å². The third-order valence-corrected chi connectivity index (χ3v) is 17.3. The lowest BCUT2D eigenvalue weighted by atomic mass is 9.63. The Morgan fingerprint density at radius 1 is 0.456 bits per heavy atom. The van der Waals surface area contributed by atoms with Crippen LogP contribution in [0.1, 0.15) is 189 Å². The van der Waals surface area contributed by atoms with Crippen molar-refractivity contribution in [3.05, 3.63) is 183 Å². The smallest absolute Gasteiger partial charge is 0.0861 e. The highest BCUT2D eigenvalue weighted by molar-refractivity contribution is 5.88. The molecule has 358 valence electrons. The van der Waals surface area contributed by atoms with Gasteiger partial charge in [0.05, 0.1) is 11.2 Å². The molecule has 0 saturated carbocycles. The first-order valence-electron chi connectivity index (χ1n) is 25.8. The summed E-state index contributed by atoms with van der Waals surface area (Å²) in [6, 6.07) is 31.9. The van der Waals surface area contributed by atoms with Crippen molar-refractivity contribution in [2.45, 2.75) is 195 Å². The predicted molar refractivity (Wildman–Crippen MR) is 297 cm³/mol. The molecule has 0 radical (unpaired) electrons. The first-order valence-corrected chi connectivity index (χ1v) is 25.8. The highest BCUT2D eigenvalue weighted by Crippen LogP contribution is 2.56. The molecule has 0 heterocycles. The maximum absolute atomic E-state index is 4.01. The van der Waals surface area contributed by atoms with Crippen molar-refractivity contribution in [3.8, 4) is 0 Å². The van der Waals surface area contributed by atoms with Gasteiger partial charge in [-0.25, -0.2) is 0 Å². The molecule has 0 amide bonds. The molecule has 0 aliphatic heterocycles. The largest absolute Gasteiger partial charge is 0.328 e. The molecule has 1 unspecified atom stereocenters. The monoisotopic (exact) mass is 905 g/mol. The van der Waals surface area contributed by atoms with Crippen molar-refractivity contribution < 1.29 is 0 Å². The van der Waals surface area contributed by atoms with Crippen LogP contribution in [0.25, 0.3) is 0 Å². The minimum atomic E-state index is -0.598. The number of aryl methyl sites for hydroxylation is 4. The van der Waals surface area contributed by atoms with Crippen LogP contribution < -0.4 is 9.80 Å². The van der Waals surface area contributed by atoms with Crippen LogP contribution in [0.3, 0.4) is 0 Å². The van der Waals surface area contributed by atoms with Crippen LogP contribution in [-0.2, 0) is 38.0 Å². The first-order chi connectivity index (χ1) is 31.5. The van der Waals surface area contributed by atoms with Crippen molar-refractivity contribution in [1.29, 1.82) is 0 Å². The van der Waals surface area contributed by atoms with Gasteiger partial charge in [0.2, 0.25) is 0 Å². The zero-order chi connectivity index (χ0) is 49.7. The summed E-state index contributed by atoms with van der Waals surface area (Å²) in [6.45, 7) is 47.4. The lowest BCUT2D eigenvalue weighted by Gasteiger charge is -2.46. The van der Waals surface area contributed by atoms with E-state index in [4.69, 9.17) is 0 Å². The van der Waals surface area contributed by atoms with Crippen LogP contribution in [0.2, 0.25) is 0 Å². The molecular weight excluding hydrogens is 821 g/mol. The van der Waals surface area contributed by atoms with Gasteiger partial charge in [0, 0.05) is 22.7 Å². The maximum Gasteiger partial charge on any atom is 0.0861 e. The molecule has 0 bridgehead atoms. The van der Waals surface area contributed by atoms with Gasteiger partial charge in [-0.3, -0.25) is 0 Å². The maximum atomic E-state index is 4.01. The Labute approximate surface area is 413 Å². The molecule has 0 spiro atoms. The van der Waals surface area contributed by atoms with E-state index in [-0.39, 0.29) is 32.5 Å². The molecule has 3 aliphatic rings. The third-order valence-electron chi connectivity index (χ3n) is 17.3. The van der Waals surface area contributed by atoms with E-state index >= 15 is 0 Å². The Hall–Kier alpha value is -5.08. The van der Waals surface area contributed by atoms with Gasteiger partial charge in [0.15, 0.2) is 0 Å². The lowest BCUT2D eigenvalue weighted by Crippen LogP contribution is -2.41. The summed E-state index contributed by atoms with van der Waals surface area (Å²) < 4.78 is 0. The number of fused-ring (bicyclic) bond motifs is 3. The summed E-state index contributed by atoms with van der Waals surface area (Å²) in [5, 5.41) is 0. The lowest BCUT2D eigenvalue weighted by molar-refractivity contribution is 0.332. The number of hydrogen-bond donors (Lipinski definition) is 0. The molecule has 1 atom stereocenters.